The number of carbonyl (C=O) groups is 1. The molecule has 38 heavy (non-hydrogen) atoms. The lowest BCUT2D eigenvalue weighted by Gasteiger charge is -2.19. The van der Waals surface area contributed by atoms with Gasteiger partial charge in [-0.2, -0.15) is 0 Å². The van der Waals surface area contributed by atoms with E-state index in [0.717, 1.165) is 22.4 Å². The second-order valence-corrected chi connectivity index (χ2v) is 10.1. The molecule has 0 aliphatic heterocycles. The summed E-state index contributed by atoms with van der Waals surface area (Å²) >= 11 is 0. The van der Waals surface area contributed by atoms with Crippen molar-refractivity contribution in [2.45, 2.75) is 24.4 Å². The third-order valence-corrected chi connectivity index (χ3v) is 7.02. The number of rotatable bonds is 12. The zero-order valence-electron chi connectivity index (χ0n) is 20.7. The lowest BCUT2D eigenvalue weighted by Crippen LogP contribution is -2.31. The average Bonchev–Trinajstić information content (AvgIpc) is 2.93. The SMILES string of the molecule is CCOc1cccc(-c2ccc(CC(NS(=O)(=O)c3ccccn3)c3cccc(NCC(=O)O)n3)cc2)c1. The Hall–Kier alpha value is -4.28. The first-order valence-electron chi connectivity index (χ1n) is 12.0. The molecular weight excluding hydrogens is 504 g/mol. The highest BCUT2D eigenvalue weighted by Crippen LogP contribution is 2.26. The average molecular weight is 533 g/mol. The Morgan fingerprint density at radius 2 is 1.76 bits per heavy atom. The quantitative estimate of drug-likeness (QED) is 0.246. The van der Waals surface area contributed by atoms with Crippen LogP contribution in [-0.4, -0.2) is 42.6 Å². The van der Waals surface area contributed by atoms with Crippen LogP contribution < -0.4 is 14.8 Å². The van der Waals surface area contributed by atoms with Gasteiger partial charge in [0.2, 0.25) is 0 Å². The minimum atomic E-state index is -3.96. The van der Waals surface area contributed by atoms with Crippen molar-refractivity contribution < 1.29 is 23.1 Å². The molecule has 1 unspecified atom stereocenters. The number of nitrogens with zero attached hydrogens (tertiary/aromatic N) is 2. The predicted molar refractivity (Wildman–Crippen MR) is 144 cm³/mol. The van der Waals surface area contributed by atoms with Gasteiger partial charge in [0.1, 0.15) is 18.1 Å². The summed E-state index contributed by atoms with van der Waals surface area (Å²) in [6.45, 7) is 2.21. The van der Waals surface area contributed by atoms with Crippen molar-refractivity contribution in [1.82, 2.24) is 14.7 Å². The Labute approximate surface area is 221 Å². The number of carboxylic acid groups (broad SMARTS) is 1. The molecule has 0 amide bonds. The molecule has 9 nitrogen and oxygen atoms in total. The summed E-state index contributed by atoms with van der Waals surface area (Å²) in [5.74, 6) is 0.0912. The molecule has 1 atom stereocenters. The number of sulfonamides is 1. The molecule has 0 bridgehead atoms. The van der Waals surface area contributed by atoms with Gasteiger partial charge in [-0.15, -0.1) is 0 Å². The molecule has 0 spiro atoms. The van der Waals surface area contributed by atoms with Gasteiger partial charge in [0.05, 0.1) is 18.3 Å². The number of anilines is 1. The molecule has 0 saturated heterocycles. The van der Waals surface area contributed by atoms with E-state index in [1.165, 1.54) is 12.3 Å². The highest BCUT2D eigenvalue weighted by atomic mass is 32.2. The lowest BCUT2D eigenvalue weighted by atomic mass is 9.99. The van der Waals surface area contributed by atoms with Crippen molar-refractivity contribution >= 4 is 21.8 Å². The molecule has 10 heteroatoms. The molecule has 2 heterocycles. The van der Waals surface area contributed by atoms with E-state index in [9.17, 15) is 13.2 Å². The summed E-state index contributed by atoms with van der Waals surface area (Å²) in [6.07, 6.45) is 1.72. The molecule has 196 valence electrons. The van der Waals surface area contributed by atoms with E-state index < -0.39 is 22.0 Å². The number of pyridine rings is 2. The predicted octanol–water partition coefficient (Wildman–Crippen LogP) is 4.30. The Balaban J connectivity index is 1.61. The highest BCUT2D eigenvalue weighted by molar-refractivity contribution is 7.89. The Kier molecular flexibility index (Phi) is 8.67. The number of benzene rings is 2. The number of nitrogens with one attached hydrogen (secondary N) is 2. The maximum Gasteiger partial charge on any atom is 0.322 e. The standard InChI is InChI=1S/C28H28N4O5S/c1-2-37-23-8-5-7-22(18-23)21-14-12-20(13-15-21)17-25(32-38(35,36)27-11-3-4-16-29-27)24-9-6-10-26(31-24)30-19-28(33)34/h3-16,18,25,32H,2,17,19H2,1H3,(H,30,31)(H,33,34). The Morgan fingerprint density at radius 1 is 0.974 bits per heavy atom. The zero-order valence-corrected chi connectivity index (χ0v) is 21.6. The summed E-state index contributed by atoms with van der Waals surface area (Å²) < 4.78 is 34.6. The molecule has 4 rings (SSSR count). The second-order valence-electron chi connectivity index (χ2n) is 8.40. The van der Waals surface area contributed by atoms with Crippen molar-refractivity contribution in [1.29, 1.82) is 0 Å². The van der Waals surface area contributed by atoms with E-state index in [4.69, 9.17) is 9.84 Å². The van der Waals surface area contributed by atoms with Crippen LogP contribution in [0.4, 0.5) is 5.82 Å². The fourth-order valence-corrected chi connectivity index (χ4v) is 5.03. The minimum absolute atomic E-state index is 0.102. The van der Waals surface area contributed by atoms with Gasteiger partial charge in [0.15, 0.2) is 5.03 Å². The van der Waals surface area contributed by atoms with Gasteiger partial charge in [-0.05, 0) is 66.4 Å². The van der Waals surface area contributed by atoms with E-state index >= 15 is 0 Å². The highest BCUT2D eigenvalue weighted by Gasteiger charge is 2.24. The van der Waals surface area contributed by atoms with Crippen LogP contribution in [-0.2, 0) is 21.2 Å². The van der Waals surface area contributed by atoms with Gasteiger partial charge >= 0.3 is 5.97 Å². The molecular formula is C28H28N4O5S. The topological polar surface area (TPSA) is 131 Å². The number of hydrogen-bond donors (Lipinski definition) is 3. The molecule has 4 aromatic rings. The Bertz CT molecular complexity index is 1480. The van der Waals surface area contributed by atoms with Crippen molar-refractivity contribution in [3.8, 4) is 16.9 Å². The van der Waals surface area contributed by atoms with Crippen LogP contribution in [0.5, 0.6) is 5.75 Å². The van der Waals surface area contributed by atoms with E-state index in [-0.39, 0.29) is 11.6 Å². The molecule has 0 aliphatic rings. The van der Waals surface area contributed by atoms with Gasteiger partial charge in [0, 0.05) is 6.20 Å². The van der Waals surface area contributed by atoms with Crippen molar-refractivity contribution in [3.63, 3.8) is 0 Å². The number of ether oxygens (including phenoxy) is 1. The monoisotopic (exact) mass is 532 g/mol. The van der Waals surface area contributed by atoms with Crippen LogP contribution in [0.2, 0.25) is 0 Å². The van der Waals surface area contributed by atoms with E-state index in [0.29, 0.717) is 24.5 Å². The van der Waals surface area contributed by atoms with Crippen LogP contribution in [0.25, 0.3) is 11.1 Å². The van der Waals surface area contributed by atoms with Crippen LogP contribution in [0.3, 0.4) is 0 Å². The normalized spacial score (nSPS) is 12.0. The third-order valence-electron chi connectivity index (χ3n) is 5.63. The Morgan fingerprint density at radius 3 is 2.47 bits per heavy atom. The fourth-order valence-electron chi connectivity index (χ4n) is 3.87. The minimum Gasteiger partial charge on any atom is -0.494 e. The first-order chi connectivity index (χ1) is 18.3. The fraction of sp³-hybridized carbons (Fsp3) is 0.179. The number of aromatic nitrogens is 2. The van der Waals surface area contributed by atoms with E-state index in [2.05, 4.69) is 20.0 Å². The molecule has 0 fully saturated rings. The molecule has 3 N–H and O–H groups in total. The molecule has 2 aromatic carbocycles. The van der Waals surface area contributed by atoms with Gasteiger partial charge in [-0.1, -0.05) is 48.5 Å². The zero-order chi connectivity index (χ0) is 27.0. The van der Waals surface area contributed by atoms with Crippen molar-refractivity contribution in [2.75, 3.05) is 18.5 Å². The first-order valence-corrected chi connectivity index (χ1v) is 13.5. The summed E-state index contributed by atoms with van der Waals surface area (Å²) in [5.41, 5.74) is 3.33. The lowest BCUT2D eigenvalue weighted by molar-refractivity contribution is -0.134. The first kappa shape index (κ1) is 26.8. The summed E-state index contributed by atoms with van der Waals surface area (Å²) in [4.78, 5) is 19.4. The largest absolute Gasteiger partial charge is 0.494 e. The van der Waals surface area contributed by atoms with E-state index in [1.54, 1.807) is 30.3 Å². The van der Waals surface area contributed by atoms with Gasteiger partial charge in [0.25, 0.3) is 10.0 Å². The van der Waals surface area contributed by atoms with Crippen LogP contribution in [0.15, 0.2) is 96.2 Å². The summed E-state index contributed by atoms with van der Waals surface area (Å²) in [5, 5.41) is 11.6. The van der Waals surface area contributed by atoms with Crippen LogP contribution in [0.1, 0.15) is 24.2 Å². The number of carboxylic acids is 1. The van der Waals surface area contributed by atoms with Gasteiger partial charge < -0.3 is 15.2 Å². The van der Waals surface area contributed by atoms with Crippen LogP contribution >= 0.6 is 0 Å². The molecule has 2 aromatic heterocycles. The van der Waals surface area contributed by atoms with Crippen LogP contribution in [0, 0.1) is 0 Å². The second kappa shape index (κ2) is 12.3. The van der Waals surface area contributed by atoms with Gasteiger partial charge in [-0.25, -0.2) is 23.1 Å². The smallest absolute Gasteiger partial charge is 0.322 e. The molecule has 0 radical (unpaired) electrons. The summed E-state index contributed by atoms with van der Waals surface area (Å²) in [6, 6.07) is 24.6. The van der Waals surface area contributed by atoms with Crippen molar-refractivity contribution in [2.24, 2.45) is 0 Å². The third kappa shape index (κ3) is 7.15. The maximum absolute atomic E-state index is 13.1. The number of aliphatic carboxylic acids is 1. The number of hydrogen-bond acceptors (Lipinski definition) is 7. The molecule has 0 saturated carbocycles. The molecule has 0 aliphatic carbocycles. The van der Waals surface area contributed by atoms with E-state index in [1.807, 2.05) is 55.5 Å². The van der Waals surface area contributed by atoms with Crippen molar-refractivity contribution in [3.05, 3.63) is 102 Å². The maximum atomic E-state index is 13.1. The van der Waals surface area contributed by atoms with Gasteiger partial charge in [-0.3, -0.25) is 4.79 Å². The summed E-state index contributed by atoms with van der Waals surface area (Å²) in [7, 11) is -3.96.